The van der Waals surface area contributed by atoms with Crippen LogP contribution in [-0.2, 0) is 0 Å². The lowest BCUT2D eigenvalue weighted by Gasteiger charge is -2.13. The van der Waals surface area contributed by atoms with Crippen LogP contribution in [0.3, 0.4) is 0 Å². The molecule has 0 bridgehead atoms. The Balaban J connectivity index is 1.97. The van der Waals surface area contributed by atoms with Crippen LogP contribution in [0.2, 0.25) is 0 Å². The second-order valence-corrected chi connectivity index (χ2v) is 4.53. The number of aliphatic hydroxyl groups excluding tert-OH is 1. The first-order valence-electron chi connectivity index (χ1n) is 6.31. The van der Waals surface area contributed by atoms with E-state index in [0.717, 1.165) is 0 Å². The molecule has 0 spiro atoms. The van der Waals surface area contributed by atoms with E-state index in [9.17, 15) is 9.90 Å². The fraction of sp³-hybridized carbons (Fsp3) is 0.200. The van der Waals surface area contributed by atoms with Crippen molar-refractivity contribution in [1.82, 2.24) is 10.3 Å². The Labute approximate surface area is 117 Å². The van der Waals surface area contributed by atoms with Gasteiger partial charge < -0.3 is 16.2 Å². The van der Waals surface area contributed by atoms with Gasteiger partial charge in [-0.25, -0.2) is 0 Å². The van der Waals surface area contributed by atoms with Crippen molar-refractivity contribution in [3.05, 3.63) is 59.4 Å². The second kappa shape index (κ2) is 6.16. The van der Waals surface area contributed by atoms with Crippen molar-refractivity contribution in [3.63, 3.8) is 0 Å². The quantitative estimate of drug-likeness (QED) is 0.734. The summed E-state index contributed by atoms with van der Waals surface area (Å²) in [6.07, 6.45) is 0.867. The maximum Gasteiger partial charge on any atom is 0.253 e. The first kappa shape index (κ1) is 14.0. The number of aliphatic hydroxyl groups is 1. The van der Waals surface area contributed by atoms with Crippen molar-refractivity contribution in [2.75, 3.05) is 12.3 Å². The number of pyridine rings is 1. The molecule has 0 aliphatic rings. The van der Waals surface area contributed by atoms with Gasteiger partial charge in [-0.1, -0.05) is 12.1 Å². The maximum atomic E-state index is 12.0. The molecule has 1 aromatic carbocycles. The molecular weight excluding hydrogens is 254 g/mol. The van der Waals surface area contributed by atoms with Gasteiger partial charge in [-0.15, -0.1) is 0 Å². The van der Waals surface area contributed by atoms with E-state index >= 15 is 0 Å². The average molecular weight is 271 g/mol. The van der Waals surface area contributed by atoms with Crippen molar-refractivity contribution < 1.29 is 9.90 Å². The van der Waals surface area contributed by atoms with Crippen LogP contribution in [0, 0.1) is 6.92 Å². The smallest absolute Gasteiger partial charge is 0.253 e. The van der Waals surface area contributed by atoms with Crippen molar-refractivity contribution in [3.8, 4) is 0 Å². The zero-order valence-electron chi connectivity index (χ0n) is 11.2. The molecule has 0 fully saturated rings. The predicted molar refractivity (Wildman–Crippen MR) is 77.1 cm³/mol. The molecule has 0 aliphatic carbocycles. The molecule has 20 heavy (non-hydrogen) atoms. The summed E-state index contributed by atoms with van der Waals surface area (Å²) >= 11 is 0. The molecule has 0 radical (unpaired) electrons. The van der Waals surface area contributed by atoms with E-state index in [4.69, 9.17) is 5.73 Å². The van der Waals surface area contributed by atoms with Crippen molar-refractivity contribution in [1.29, 1.82) is 0 Å². The Bertz CT molecular complexity index is 596. The maximum absolute atomic E-state index is 12.0. The molecule has 5 heteroatoms. The van der Waals surface area contributed by atoms with Crippen LogP contribution in [0.4, 0.5) is 5.69 Å². The van der Waals surface area contributed by atoms with Gasteiger partial charge in [-0.2, -0.15) is 0 Å². The minimum absolute atomic E-state index is 0.136. The number of nitrogen functional groups attached to an aromatic ring is 1. The summed E-state index contributed by atoms with van der Waals surface area (Å²) in [5, 5.41) is 12.7. The first-order valence-corrected chi connectivity index (χ1v) is 6.31. The predicted octanol–water partition coefficient (Wildman–Crippen LogP) is 1.44. The van der Waals surface area contributed by atoms with Gasteiger partial charge in [0.1, 0.15) is 0 Å². The zero-order valence-corrected chi connectivity index (χ0v) is 11.2. The van der Waals surface area contributed by atoms with Gasteiger partial charge in [-0.3, -0.25) is 9.78 Å². The lowest BCUT2D eigenvalue weighted by Crippen LogP contribution is -2.29. The van der Waals surface area contributed by atoms with Gasteiger partial charge in [0.15, 0.2) is 0 Å². The minimum Gasteiger partial charge on any atom is -0.399 e. The van der Waals surface area contributed by atoms with Gasteiger partial charge in [0, 0.05) is 24.1 Å². The number of hydrogen-bond acceptors (Lipinski definition) is 4. The van der Waals surface area contributed by atoms with Gasteiger partial charge in [0.05, 0.1) is 11.7 Å². The van der Waals surface area contributed by atoms with Crippen LogP contribution < -0.4 is 11.1 Å². The largest absolute Gasteiger partial charge is 0.399 e. The Kier molecular flexibility index (Phi) is 4.32. The SMILES string of the molecule is Cc1ncccc1C(=O)NCC(O)c1ccc(N)cc1. The normalized spacial score (nSPS) is 11.9. The standard InChI is InChI=1S/C15H17N3O2/c1-10-13(3-2-8-17-10)15(20)18-9-14(19)11-4-6-12(16)7-5-11/h2-8,14,19H,9,16H2,1H3,(H,18,20). The molecule has 1 heterocycles. The van der Waals surface area contributed by atoms with Crippen LogP contribution in [0.25, 0.3) is 0 Å². The van der Waals surface area contributed by atoms with E-state index in [1.165, 1.54) is 0 Å². The third-order valence-electron chi connectivity index (χ3n) is 3.03. The lowest BCUT2D eigenvalue weighted by molar-refractivity contribution is 0.0915. The van der Waals surface area contributed by atoms with E-state index in [0.29, 0.717) is 22.5 Å². The number of nitrogens with zero attached hydrogens (tertiary/aromatic N) is 1. The molecular formula is C15H17N3O2. The molecule has 2 aromatic rings. The number of anilines is 1. The molecule has 0 aliphatic heterocycles. The summed E-state index contributed by atoms with van der Waals surface area (Å²) in [5.41, 5.74) is 8.10. The van der Waals surface area contributed by atoms with Gasteiger partial charge in [-0.05, 0) is 36.8 Å². The van der Waals surface area contributed by atoms with E-state index in [2.05, 4.69) is 10.3 Å². The molecule has 1 atom stereocenters. The average Bonchev–Trinajstić information content (AvgIpc) is 2.45. The van der Waals surface area contributed by atoms with Gasteiger partial charge in [0.2, 0.25) is 0 Å². The van der Waals surface area contributed by atoms with Crippen LogP contribution >= 0.6 is 0 Å². The van der Waals surface area contributed by atoms with E-state index in [-0.39, 0.29) is 12.5 Å². The molecule has 1 amide bonds. The number of carbonyl (C=O) groups excluding carboxylic acids is 1. The highest BCUT2D eigenvalue weighted by Crippen LogP contribution is 2.14. The monoisotopic (exact) mass is 271 g/mol. The fourth-order valence-corrected chi connectivity index (χ4v) is 1.84. The van der Waals surface area contributed by atoms with E-state index in [1.807, 2.05) is 0 Å². The number of aromatic nitrogens is 1. The minimum atomic E-state index is -0.767. The number of aryl methyl sites for hydroxylation is 1. The molecule has 1 unspecified atom stereocenters. The second-order valence-electron chi connectivity index (χ2n) is 4.53. The molecule has 2 rings (SSSR count). The highest BCUT2D eigenvalue weighted by Gasteiger charge is 2.12. The number of benzene rings is 1. The molecule has 0 saturated heterocycles. The lowest BCUT2D eigenvalue weighted by atomic mass is 10.1. The summed E-state index contributed by atoms with van der Waals surface area (Å²) in [5.74, 6) is -0.245. The fourth-order valence-electron chi connectivity index (χ4n) is 1.84. The van der Waals surface area contributed by atoms with E-state index in [1.54, 1.807) is 49.5 Å². The molecule has 5 nitrogen and oxygen atoms in total. The third-order valence-corrected chi connectivity index (χ3v) is 3.03. The Morgan fingerprint density at radius 2 is 2.05 bits per heavy atom. The van der Waals surface area contributed by atoms with Crippen molar-refractivity contribution in [2.24, 2.45) is 0 Å². The first-order chi connectivity index (χ1) is 9.58. The van der Waals surface area contributed by atoms with Gasteiger partial charge in [0.25, 0.3) is 5.91 Å². The zero-order chi connectivity index (χ0) is 14.5. The Morgan fingerprint density at radius 3 is 2.70 bits per heavy atom. The summed E-state index contributed by atoms with van der Waals surface area (Å²) < 4.78 is 0. The number of amides is 1. The number of hydrogen-bond donors (Lipinski definition) is 3. The highest BCUT2D eigenvalue weighted by atomic mass is 16.3. The molecule has 4 N–H and O–H groups in total. The third kappa shape index (κ3) is 3.33. The topological polar surface area (TPSA) is 88.2 Å². The van der Waals surface area contributed by atoms with Crippen LogP contribution in [0.5, 0.6) is 0 Å². The number of rotatable bonds is 4. The van der Waals surface area contributed by atoms with Crippen LogP contribution in [-0.4, -0.2) is 22.5 Å². The number of carbonyl (C=O) groups is 1. The van der Waals surface area contributed by atoms with Crippen LogP contribution in [0.1, 0.15) is 27.7 Å². The summed E-state index contributed by atoms with van der Waals surface area (Å²) in [7, 11) is 0. The van der Waals surface area contributed by atoms with Crippen LogP contribution in [0.15, 0.2) is 42.6 Å². The highest BCUT2D eigenvalue weighted by molar-refractivity contribution is 5.95. The summed E-state index contributed by atoms with van der Waals surface area (Å²) in [4.78, 5) is 16.0. The molecule has 0 saturated carbocycles. The van der Waals surface area contributed by atoms with Crippen molar-refractivity contribution >= 4 is 11.6 Å². The summed E-state index contributed by atoms with van der Waals surface area (Å²) in [6.45, 7) is 1.91. The number of nitrogens with one attached hydrogen (secondary N) is 1. The molecule has 1 aromatic heterocycles. The van der Waals surface area contributed by atoms with Crippen molar-refractivity contribution in [2.45, 2.75) is 13.0 Å². The molecule has 104 valence electrons. The summed E-state index contributed by atoms with van der Waals surface area (Å²) in [6, 6.07) is 10.3. The number of nitrogens with two attached hydrogens (primary N) is 1. The van der Waals surface area contributed by atoms with E-state index < -0.39 is 6.10 Å². The Hall–Kier alpha value is -2.40. The van der Waals surface area contributed by atoms with Gasteiger partial charge >= 0.3 is 0 Å². The Morgan fingerprint density at radius 1 is 1.35 bits per heavy atom.